The van der Waals surface area contributed by atoms with E-state index in [4.69, 9.17) is 28.9 Å². The van der Waals surface area contributed by atoms with Crippen LogP contribution >= 0.6 is 46.7 Å². The van der Waals surface area contributed by atoms with Crippen LogP contribution in [0.4, 0.5) is 0 Å². The number of pyridine rings is 1. The summed E-state index contributed by atoms with van der Waals surface area (Å²) in [6.07, 6.45) is 3.71. The minimum atomic E-state index is -1.21. The molecule has 0 aliphatic carbocycles. The fourth-order valence-corrected chi connectivity index (χ4v) is 6.85. The van der Waals surface area contributed by atoms with Crippen molar-refractivity contribution in [1.29, 1.82) is 0 Å². The van der Waals surface area contributed by atoms with E-state index in [9.17, 15) is 24.3 Å². The number of carboxylic acids is 1. The van der Waals surface area contributed by atoms with E-state index in [1.54, 1.807) is 41.2 Å². The highest BCUT2D eigenvalue weighted by atomic mass is 35.5. The second kappa shape index (κ2) is 13.1. The summed E-state index contributed by atoms with van der Waals surface area (Å²) in [5.41, 5.74) is 6.65. The lowest BCUT2D eigenvalue weighted by molar-refractivity contribution is -0.689. The van der Waals surface area contributed by atoms with Crippen LogP contribution in [0.3, 0.4) is 0 Å². The zero-order valence-corrected chi connectivity index (χ0v) is 23.7. The zero-order valence-electron chi connectivity index (χ0n) is 20.6. The first-order chi connectivity index (χ1) is 18.7. The molecular formula is C25H26Cl2N5O5S2+. The number of rotatable bonds is 11. The normalized spacial score (nSPS) is 18.3. The number of amides is 3. The maximum Gasteiger partial charge on any atom is 0.352 e. The van der Waals surface area contributed by atoms with Crippen LogP contribution in [-0.4, -0.2) is 69.7 Å². The molecule has 0 saturated carbocycles. The maximum atomic E-state index is 13.0. The summed E-state index contributed by atoms with van der Waals surface area (Å²) in [7, 11) is 0. The lowest BCUT2D eigenvalue weighted by atomic mass is 10.0. The largest absolute Gasteiger partial charge is 0.477 e. The van der Waals surface area contributed by atoms with E-state index in [0.717, 1.165) is 5.56 Å². The Kier molecular flexibility index (Phi) is 9.78. The average molecular weight is 612 g/mol. The molecule has 3 heterocycles. The van der Waals surface area contributed by atoms with Crippen LogP contribution in [0.15, 0.2) is 58.9 Å². The summed E-state index contributed by atoms with van der Waals surface area (Å²) in [5.74, 6) is -1.83. The van der Waals surface area contributed by atoms with Gasteiger partial charge in [-0.25, -0.2) is 9.36 Å². The van der Waals surface area contributed by atoms with E-state index in [-0.39, 0.29) is 36.2 Å². The third-order valence-corrected chi connectivity index (χ3v) is 9.01. The zero-order chi connectivity index (χ0) is 28.1. The lowest BCUT2D eigenvalue weighted by Crippen LogP contribution is -2.71. The van der Waals surface area contributed by atoms with Gasteiger partial charge in [0.2, 0.25) is 11.8 Å². The Bertz CT molecular complexity index is 1340. The summed E-state index contributed by atoms with van der Waals surface area (Å²) >= 11 is 14.7. The highest BCUT2D eigenvalue weighted by Gasteiger charge is 2.54. The molecule has 5 N–H and O–H groups in total. The quantitative estimate of drug-likeness (QED) is 0.170. The summed E-state index contributed by atoms with van der Waals surface area (Å²) < 4.78 is 1.78. The van der Waals surface area contributed by atoms with Gasteiger partial charge in [-0.15, -0.1) is 23.5 Å². The van der Waals surface area contributed by atoms with Crippen molar-refractivity contribution in [2.75, 3.05) is 24.6 Å². The van der Waals surface area contributed by atoms with Gasteiger partial charge in [0.05, 0.1) is 17.2 Å². The van der Waals surface area contributed by atoms with Crippen LogP contribution in [-0.2, 0) is 32.1 Å². The molecule has 1 fully saturated rings. The number of benzene rings is 1. The second-order valence-electron chi connectivity index (χ2n) is 8.78. The van der Waals surface area contributed by atoms with Crippen molar-refractivity contribution in [3.05, 3.63) is 69.6 Å². The van der Waals surface area contributed by atoms with Crippen LogP contribution in [0.2, 0.25) is 10.0 Å². The number of nitrogens with one attached hydrogen (secondary N) is 2. The van der Waals surface area contributed by atoms with E-state index >= 15 is 0 Å². The number of carboxylic acid groups (broad SMARTS) is 1. The first kappa shape index (κ1) is 29.2. The number of nitrogens with two attached hydrogens (primary N) is 1. The molecule has 0 unspecified atom stereocenters. The Morgan fingerprint density at radius 1 is 1.23 bits per heavy atom. The predicted molar refractivity (Wildman–Crippen MR) is 149 cm³/mol. The first-order valence-corrected chi connectivity index (χ1v) is 14.7. The number of thioether (sulfide) groups is 2. The van der Waals surface area contributed by atoms with Crippen molar-refractivity contribution >= 4 is 70.4 Å². The number of nitrogens with zero attached hydrogens (tertiary/aromatic N) is 2. The van der Waals surface area contributed by atoms with Gasteiger partial charge in [0.25, 0.3) is 5.91 Å². The monoisotopic (exact) mass is 610 g/mol. The topological polar surface area (TPSA) is 146 Å². The standard InChI is InChI=1S/C25H25Cl2N5O5S2/c26-16-3-4-17(27)18(9-16)38-13-20(34)30-21-23(35)32-22(25(36)37)15(12-39-24(21)32)11-31-7-1-2-14(10-31)8-19(33)29-6-5-28/h1-4,7,9-10,21,24H,5-6,8,11-13,28H2,(H2-,29,30,33,34,36,37)/p+1/t21-,24+/m0/s1. The van der Waals surface area contributed by atoms with Crippen molar-refractivity contribution in [3.63, 3.8) is 0 Å². The smallest absolute Gasteiger partial charge is 0.352 e. The Balaban J connectivity index is 1.40. The summed E-state index contributed by atoms with van der Waals surface area (Å²) in [6, 6.07) is 7.71. The molecular weight excluding hydrogens is 585 g/mol. The van der Waals surface area contributed by atoms with E-state index in [1.165, 1.54) is 28.4 Å². The Labute approximate surface area is 243 Å². The van der Waals surface area contributed by atoms with Crippen LogP contribution in [0.1, 0.15) is 5.56 Å². The number of hydrogen-bond acceptors (Lipinski definition) is 7. The average Bonchev–Trinajstić information content (AvgIpc) is 2.90. The Morgan fingerprint density at radius 2 is 2.03 bits per heavy atom. The van der Waals surface area contributed by atoms with Gasteiger partial charge in [-0.3, -0.25) is 19.3 Å². The number of halogens is 2. The molecule has 3 amide bonds. The van der Waals surface area contributed by atoms with Gasteiger partial charge in [0, 0.05) is 46.0 Å². The predicted octanol–water partition coefficient (Wildman–Crippen LogP) is 1.43. The fourth-order valence-electron chi connectivity index (χ4n) is 4.21. The first-order valence-electron chi connectivity index (χ1n) is 11.9. The summed E-state index contributed by atoms with van der Waals surface area (Å²) in [5, 5.41) is 15.8. The van der Waals surface area contributed by atoms with E-state index < -0.39 is 23.3 Å². The van der Waals surface area contributed by atoms with Crippen LogP contribution < -0.4 is 20.9 Å². The van der Waals surface area contributed by atoms with Crippen LogP contribution in [0.5, 0.6) is 0 Å². The number of aliphatic carboxylic acids is 1. The third kappa shape index (κ3) is 7.06. The molecule has 1 aromatic heterocycles. The van der Waals surface area contributed by atoms with E-state index in [2.05, 4.69) is 10.6 Å². The molecule has 206 valence electrons. The summed E-state index contributed by atoms with van der Waals surface area (Å²) in [4.78, 5) is 51.7. The van der Waals surface area contributed by atoms with Gasteiger partial charge in [-0.1, -0.05) is 23.2 Å². The van der Waals surface area contributed by atoms with Crippen molar-refractivity contribution in [1.82, 2.24) is 15.5 Å². The van der Waals surface area contributed by atoms with Gasteiger partial charge in [-0.2, -0.15) is 0 Å². The van der Waals surface area contributed by atoms with Crippen molar-refractivity contribution in [2.24, 2.45) is 5.73 Å². The molecule has 14 heteroatoms. The highest BCUT2D eigenvalue weighted by Crippen LogP contribution is 2.40. The number of aromatic nitrogens is 1. The van der Waals surface area contributed by atoms with Gasteiger partial charge in [0.1, 0.15) is 17.1 Å². The Hall–Kier alpha value is -2.77. The van der Waals surface area contributed by atoms with Crippen LogP contribution in [0.25, 0.3) is 0 Å². The minimum absolute atomic E-state index is 0.0192. The van der Waals surface area contributed by atoms with Crippen molar-refractivity contribution < 1.29 is 28.9 Å². The molecule has 0 spiro atoms. The number of hydrogen-bond donors (Lipinski definition) is 4. The molecule has 4 rings (SSSR count). The maximum absolute atomic E-state index is 13.0. The molecule has 1 aromatic carbocycles. The van der Waals surface area contributed by atoms with Gasteiger partial charge in [0.15, 0.2) is 18.9 Å². The molecule has 2 atom stereocenters. The van der Waals surface area contributed by atoms with Gasteiger partial charge < -0.3 is 21.5 Å². The molecule has 2 aliphatic rings. The number of carbonyl (C=O) groups is 4. The van der Waals surface area contributed by atoms with Gasteiger partial charge in [-0.05, 0) is 24.3 Å². The number of carbonyl (C=O) groups excluding carboxylic acids is 3. The summed E-state index contributed by atoms with van der Waals surface area (Å²) in [6.45, 7) is 0.971. The van der Waals surface area contributed by atoms with E-state index in [0.29, 0.717) is 39.4 Å². The van der Waals surface area contributed by atoms with E-state index in [1.807, 2.05) is 6.07 Å². The van der Waals surface area contributed by atoms with Crippen LogP contribution in [0, 0.1) is 0 Å². The minimum Gasteiger partial charge on any atom is -0.477 e. The molecule has 10 nitrogen and oxygen atoms in total. The molecule has 39 heavy (non-hydrogen) atoms. The third-order valence-electron chi connectivity index (χ3n) is 5.94. The van der Waals surface area contributed by atoms with Crippen molar-refractivity contribution in [3.8, 4) is 0 Å². The van der Waals surface area contributed by atoms with Gasteiger partial charge >= 0.3 is 5.97 Å². The SMILES string of the molecule is NCCNC(=O)Cc1ccc[n+](CC2=C(C(=O)O)N3C(=O)[C@H](NC(=O)CSc4cc(Cl)ccc4Cl)[C@H]3SC2)c1. The number of fused-ring (bicyclic) bond motifs is 1. The second-order valence-corrected chi connectivity index (χ2v) is 11.7. The molecule has 2 aromatic rings. The van der Waals surface area contributed by atoms with Crippen molar-refractivity contribution in [2.45, 2.75) is 29.3 Å². The molecule has 0 radical (unpaired) electrons. The fraction of sp³-hybridized carbons (Fsp3) is 0.320. The molecule has 2 aliphatic heterocycles. The molecule has 0 bridgehead atoms. The Morgan fingerprint density at radius 3 is 2.77 bits per heavy atom. The molecule has 1 saturated heterocycles. The lowest BCUT2D eigenvalue weighted by Gasteiger charge is -2.49. The number of β-lactam (4-membered cyclic amide) rings is 1. The highest BCUT2D eigenvalue weighted by molar-refractivity contribution is 8.00.